The van der Waals surface area contributed by atoms with Crippen LogP contribution in [-0.4, -0.2) is 29.1 Å². The molecule has 0 aromatic carbocycles. The molecule has 0 saturated heterocycles. The number of nitrogens with zero attached hydrogens (tertiary/aromatic N) is 1. The molecule has 3 saturated carbocycles. The first kappa shape index (κ1) is 26.2. The number of ketones is 1. The summed E-state index contributed by atoms with van der Waals surface area (Å²) in [4.78, 5) is 38.5. The summed E-state index contributed by atoms with van der Waals surface area (Å²) in [7, 11) is 1.53. The van der Waals surface area contributed by atoms with Crippen molar-refractivity contribution in [1.82, 2.24) is 5.16 Å². The zero-order chi connectivity index (χ0) is 27.5. The maximum absolute atomic E-state index is 14.4. The lowest BCUT2D eigenvalue weighted by molar-refractivity contribution is -0.375. The molecule has 7 heteroatoms. The second kappa shape index (κ2) is 7.81. The van der Waals surface area contributed by atoms with Gasteiger partial charge in [0.05, 0.1) is 18.7 Å². The van der Waals surface area contributed by atoms with Gasteiger partial charge in [0.1, 0.15) is 0 Å². The molecule has 0 radical (unpaired) electrons. The monoisotopic (exact) mass is 525 g/mol. The van der Waals surface area contributed by atoms with Gasteiger partial charge in [-0.2, -0.15) is 0 Å². The minimum absolute atomic E-state index is 0.0318. The van der Waals surface area contributed by atoms with Gasteiger partial charge in [-0.15, -0.1) is 0 Å². The number of carboxylic acid groups (broad SMARTS) is 1. The number of aromatic nitrogens is 1. The number of aliphatic carboxylic acids is 1. The Labute approximate surface area is 225 Å². The molecule has 8 atom stereocenters. The van der Waals surface area contributed by atoms with E-state index < -0.39 is 17.0 Å². The highest BCUT2D eigenvalue weighted by molar-refractivity contribution is 5.96. The van der Waals surface area contributed by atoms with E-state index in [4.69, 9.17) is 14.3 Å². The van der Waals surface area contributed by atoms with E-state index >= 15 is 0 Å². The van der Waals surface area contributed by atoms with Crippen molar-refractivity contribution in [2.75, 3.05) is 7.11 Å². The van der Waals surface area contributed by atoms with Crippen molar-refractivity contribution in [2.24, 2.45) is 44.8 Å². The highest BCUT2D eigenvalue weighted by Crippen LogP contribution is 2.74. The molecule has 208 valence electrons. The molecular formula is C31H43NO6. The van der Waals surface area contributed by atoms with Crippen LogP contribution in [0.15, 0.2) is 22.4 Å². The number of hydrogen-bond acceptors (Lipinski definition) is 6. The first-order chi connectivity index (χ1) is 17.7. The fraction of sp³-hybridized carbons (Fsp3) is 0.774. The standard InChI is InChI=1S/C31H43NO6/c1-26(2)10-12-31(25(34)35)13-11-29(5)23(19(31)16-26)20(33)14-22-27(3)15-18-17-32-37-24(18)30(6,38-36-7)21(27)8-9-28(22,29)4/h14,17,19,21,23H,8-13,15-16H2,1-7H3,(H,34,35)/t19-,21+,23-,27-,28+,29+,30-,31-/m0/s1. The van der Waals surface area contributed by atoms with Crippen LogP contribution in [0.2, 0.25) is 0 Å². The topological polar surface area (TPSA) is 98.9 Å². The smallest absolute Gasteiger partial charge is 0.309 e. The summed E-state index contributed by atoms with van der Waals surface area (Å²) in [5.41, 5.74) is -0.297. The first-order valence-corrected chi connectivity index (χ1v) is 14.3. The van der Waals surface area contributed by atoms with E-state index in [9.17, 15) is 14.7 Å². The summed E-state index contributed by atoms with van der Waals surface area (Å²) in [5, 5.41) is 14.7. The number of rotatable bonds is 3. The summed E-state index contributed by atoms with van der Waals surface area (Å²) in [5.74, 6) is -0.252. The van der Waals surface area contributed by atoms with Gasteiger partial charge >= 0.3 is 5.97 Å². The quantitative estimate of drug-likeness (QED) is 0.367. The molecule has 1 N–H and O–H groups in total. The average Bonchev–Trinajstić information content (AvgIpc) is 3.29. The van der Waals surface area contributed by atoms with Gasteiger partial charge in [0.15, 0.2) is 17.1 Å². The molecule has 1 heterocycles. The molecule has 0 unspecified atom stereocenters. The van der Waals surface area contributed by atoms with E-state index in [0.717, 1.165) is 44.1 Å². The maximum atomic E-state index is 14.4. The third-order valence-corrected chi connectivity index (χ3v) is 12.7. The van der Waals surface area contributed by atoms with Crippen LogP contribution < -0.4 is 0 Å². The summed E-state index contributed by atoms with van der Waals surface area (Å²) in [6.07, 6.45) is 9.99. The molecule has 38 heavy (non-hydrogen) atoms. The third-order valence-electron chi connectivity index (χ3n) is 12.7. The first-order valence-electron chi connectivity index (χ1n) is 14.3. The van der Waals surface area contributed by atoms with Crippen LogP contribution in [0.1, 0.15) is 97.8 Å². The van der Waals surface area contributed by atoms with Gasteiger partial charge in [-0.05, 0) is 91.9 Å². The zero-order valence-electron chi connectivity index (χ0n) is 24.0. The Morgan fingerprint density at radius 1 is 1.08 bits per heavy atom. The van der Waals surface area contributed by atoms with E-state index in [1.54, 1.807) is 6.20 Å². The van der Waals surface area contributed by atoms with Gasteiger partial charge in [-0.25, -0.2) is 9.78 Å². The van der Waals surface area contributed by atoms with Crippen molar-refractivity contribution in [2.45, 2.75) is 98.5 Å². The highest BCUT2D eigenvalue weighted by atomic mass is 17.2. The Morgan fingerprint density at radius 2 is 1.79 bits per heavy atom. The van der Waals surface area contributed by atoms with Crippen molar-refractivity contribution in [3.05, 3.63) is 29.2 Å². The van der Waals surface area contributed by atoms with Crippen LogP contribution >= 0.6 is 0 Å². The lowest BCUT2D eigenvalue weighted by Crippen LogP contribution is -2.66. The van der Waals surface area contributed by atoms with Gasteiger partial charge in [0, 0.05) is 17.4 Å². The van der Waals surface area contributed by atoms with Gasteiger partial charge in [-0.3, -0.25) is 9.59 Å². The molecule has 0 spiro atoms. The van der Waals surface area contributed by atoms with Crippen molar-refractivity contribution in [1.29, 1.82) is 0 Å². The highest BCUT2D eigenvalue weighted by Gasteiger charge is 2.71. The summed E-state index contributed by atoms with van der Waals surface area (Å²) < 4.78 is 5.72. The fourth-order valence-corrected chi connectivity index (χ4v) is 10.5. The van der Waals surface area contributed by atoms with Crippen LogP contribution in [0.5, 0.6) is 0 Å². The number of allylic oxidation sites excluding steroid dienone is 2. The fourth-order valence-electron chi connectivity index (χ4n) is 10.5. The molecule has 3 fully saturated rings. The number of hydrogen-bond donors (Lipinski definition) is 1. The summed E-state index contributed by atoms with van der Waals surface area (Å²) >= 11 is 0. The van der Waals surface area contributed by atoms with Crippen LogP contribution in [0.3, 0.4) is 0 Å². The zero-order valence-corrected chi connectivity index (χ0v) is 24.0. The minimum Gasteiger partial charge on any atom is -0.481 e. The summed E-state index contributed by atoms with van der Waals surface area (Å²) in [6, 6.07) is 0. The van der Waals surface area contributed by atoms with Crippen molar-refractivity contribution in [3.8, 4) is 0 Å². The largest absolute Gasteiger partial charge is 0.481 e. The Morgan fingerprint density at radius 3 is 2.47 bits per heavy atom. The Bertz CT molecular complexity index is 1230. The minimum atomic E-state index is -0.824. The predicted octanol–water partition coefficient (Wildman–Crippen LogP) is 6.27. The molecule has 6 rings (SSSR count). The third kappa shape index (κ3) is 3.01. The van der Waals surface area contributed by atoms with E-state index in [-0.39, 0.29) is 45.2 Å². The Kier molecular flexibility index (Phi) is 5.39. The van der Waals surface area contributed by atoms with Crippen LogP contribution in [0.4, 0.5) is 0 Å². The molecule has 0 bridgehead atoms. The molecule has 0 amide bonds. The van der Waals surface area contributed by atoms with Crippen LogP contribution in [0.25, 0.3) is 0 Å². The van der Waals surface area contributed by atoms with E-state index in [0.29, 0.717) is 18.6 Å². The second-order valence-corrected chi connectivity index (χ2v) is 14.8. The maximum Gasteiger partial charge on any atom is 0.309 e. The molecule has 1 aromatic heterocycles. The summed E-state index contributed by atoms with van der Waals surface area (Å²) in [6.45, 7) is 13.4. The van der Waals surface area contributed by atoms with Crippen molar-refractivity contribution >= 4 is 11.8 Å². The lowest BCUT2D eigenvalue weighted by atomic mass is 9.34. The van der Waals surface area contributed by atoms with Gasteiger partial charge in [-0.1, -0.05) is 45.3 Å². The van der Waals surface area contributed by atoms with E-state index in [1.807, 2.05) is 13.0 Å². The van der Waals surface area contributed by atoms with E-state index in [2.05, 4.69) is 39.8 Å². The predicted molar refractivity (Wildman–Crippen MR) is 140 cm³/mol. The molecule has 1 aromatic rings. The Hall–Kier alpha value is -1.99. The van der Waals surface area contributed by atoms with E-state index in [1.165, 1.54) is 12.7 Å². The molecule has 0 aliphatic heterocycles. The Balaban J connectivity index is 1.51. The lowest BCUT2D eigenvalue weighted by Gasteiger charge is -2.69. The normalized spacial score (nSPS) is 47.1. The van der Waals surface area contributed by atoms with Crippen molar-refractivity contribution in [3.63, 3.8) is 0 Å². The van der Waals surface area contributed by atoms with Crippen LogP contribution in [-0.2, 0) is 31.4 Å². The number of carbonyl (C=O) groups excluding carboxylic acids is 1. The molecule has 5 aliphatic rings. The second-order valence-electron chi connectivity index (χ2n) is 14.8. The molecule has 7 nitrogen and oxygen atoms in total. The number of carbonyl (C=O) groups is 2. The van der Waals surface area contributed by atoms with Crippen molar-refractivity contribution < 1.29 is 29.0 Å². The van der Waals surface area contributed by atoms with Gasteiger partial charge in [0.25, 0.3) is 0 Å². The van der Waals surface area contributed by atoms with Gasteiger partial charge in [0.2, 0.25) is 0 Å². The number of fused-ring (bicyclic) bond motifs is 8. The number of carboxylic acids is 1. The SMILES string of the molecule is COO[C@]1(C)c2oncc2C[C@]2(C)C3=CC(=O)[C@@H]4[C@@H]5CC(C)(C)CC[C@]5(C(=O)O)CC[C@@]4(C)[C@]3(C)CC[C@H]21. The van der Waals surface area contributed by atoms with Crippen LogP contribution in [0, 0.1) is 44.8 Å². The molecule has 5 aliphatic carbocycles. The molecular weight excluding hydrogens is 482 g/mol. The van der Waals surface area contributed by atoms with Gasteiger partial charge < -0.3 is 9.63 Å². The average molecular weight is 526 g/mol.